The van der Waals surface area contributed by atoms with Crippen LogP contribution >= 0.6 is 0 Å². The summed E-state index contributed by atoms with van der Waals surface area (Å²) in [5.74, 6) is -1.37. The number of aromatic nitrogens is 2. The molecule has 0 aliphatic carbocycles. The molecule has 0 saturated carbocycles. The third kappa shape index (κ3) is 3.35. The first kappa shape index (κ1) is 17.0. The number of hydrogen-bond acceptors (Lipinski definition) is 3. The number of aryl methyl sites for hydroxylation is 2. The van der Waals surface area contributed by atoms with Gasteiger partial charge in [-0.05, 0) is 43.5 Å². The van der Waals surface area contributed by atoms with Crippen LogP contribution in [-0.2, 0) is 23.7 Å². The molecule has 0 radical (unpaired) electrons. The third-order valence-electron chi connectivity index (χ3n) is 4.65. The normalized spacial score (nSPS) is 17.4. The Balaban J connectivity index is 1.80. The number of hydrogen-bond donors (Lipinski definition) is 1. The van der Waals surface area contributed by atoms with Crippen molar-refractivity contribution in [1.29, 1.82) is 0 Å². The first-order valence-electron chi connectivity index (χ1n) is 8.38. The van der Waals surface area contributed by atoms with Crippen molar-refractivity contribution in [2.45, 2.75) is 25.3 Å². The summed E-state index contributed by atoms with van der Waals surface area (Å²) in [6.45, 7) is 0.537. The van der Waals surface area contributed by atoms with Gasteiger partial charge in [-0.1, -0.05) is 0 Å². The SMILES string of the molecule is Cn1cccc1[C@@H]1CCCCN1C(=O)C(=O)Nc1cccn(C)c1=O. The van der Waals surface area contributed by atoms with Crippen molar-refractivity contribution in [3.63, 3.8) is 0 Å². The summed E-state index contributed by atoms with van der Waals surface area (Å²) >= 11 is 0. The zero-order valence-corrected chi connectivity index (χ0v) is 14.4. The molecule has 1 aliphatic heterocycles. The molecule has 1 atom stereocenters. The van der Waals surface area contributed by atoms with Crippen molar-refractivity contribution in [2.75, 3.05) is 11.9 Å². The van der Waals surface area contributed by atoms with Crippen LogP contribution in [0.25, 0.3) is 0 Å². The summed E-state index contributed by atoms with van der Waals surface area (Å²) < 4.78 is 3.33. The Kier molecular flexibility index (Phi) is 4.74. The minimum Gasteiger partial charge on any atom is -0.353 e. The molecule has 3 heterocycles. The molecule has 0 spiro atoms. The van der Waals surface area contributed by atoms with Crippen LogP contribution in [-0.4, -0.2) is 32.4 Å². The molecule has 1 fully saturated rings. The number of pyridine rings is 1. The van der Waals surface area contributed by atoms with Crippen LogP contribution < -0.4 is 10.9 Å². The zero-order chi connectivity index (χ0) is 18.0. The van der Waals surface area contributed by atoms with Gasteiger partial charge in [0.1, 0.15) is 5.69 Å². The molecule has 25 heavy (non-hydrogen) atoms. The molecule has 132 valence electrons. The summed E-state index contributed by atoms with van der Waals surface area (Å²) in [6.07, 6.45) is 6.23. The monoisotopic (exact) mass is 342 g/mol. The van der Waals surface area contributed by atoms with Crippen molar-refractivity contribution in [2.24, 2.45) is 14.1 Å². The Bertz CT molecular complexity index is 852. The summed E-state index contributed by atoms with van der Waals surface area (Å²) in [4.78, 5) is 38.8. The smallest absolute Gasteiger partial charge is 0.314 e. The van der Waals surface area contributed by atoms with Gasteiger partial charge in [-0.3, -0.25) is 14.4 Å². The Morgan fingerprint density at radius 3 is 2.52 bits per heavy atom. The highest BCUT2D eigenvalue weighted by Crippen LogP contribution is 2.31. The maximum Gasteiger partial charge on any atom is 0.314 e. The number of rotatable bonds is 2. The predicted octanol–water partition coefficient (Wildman–Crippen LogP) is 1.42. The lowest BCUT2D eigenvalue weighted by Crippen LogP contribution is -2.45. The van der Waals surface area contributed by atoms with E-state index < -0.39 is 11.8 Å². The van der Waals surface area contributed by atoms with Crippen LogP contribution in [0.1, 0.15) is 31.0 Å². The second kappa shape index (κ2) is 6.96. The van der Waals surface area contributed by atoms with Crippen molar-refractivity contribution >= 4 is 17.5 Å². The van der Waals surface area contributed by atoms with Gasteiger partial charge >= 0.3 is 11.8 Å². The summed E-state index contributed by atoms with van der Waals surface area (Å²) in [6, 6.07) is 6.93. The lowest BCUT2D eigenvalue weighted by Gasteiger charge is -2.35. The molecule has 1 saturated heterocycles. The van der Waals surface area contributed by atoms with Crippen molar-refractivity contribution in [3.05, 3.63) is 52.7 Å². The third-order valence-corrected chi connectivity index (χ3v) is 4.65. The Hall–Kier alpha value is -2.83. The van der Waals surface area contributed by atoms with Gasteiger partial charge in [-0.15, -0.1) is 0 Å². The molecule has 2 amide bonds. The highest BCUT2D eigenvalue weighted by atomic mass is 16.2. The van der Waals surface area contributed by atoms with E-state index in [1.165, 1.54) is 10.6 Å². The molecule has 2 aromatic heterocycles. The number of anilines is 1. The second-order valence-corrected chi connectivity index (χ2v) is 6.35. The van der Waals surface area contributed by atoms with Crippen LogP contribution in [0, 0.1) is 0 Å². The fourth-order valence-corrected chi connectivity index (χ4v) is 3.30. The zero-order valence-electron chi connectivity index (χ0n) is 14.4. The van der Waals surface area contributed by atoms with Crippen molar-refractivity contribution < 1.29 is 9.59 Å². The molecule has 3 rings (SSSR count). The molecule has 1 N–H and O–H groups in total. The topological polar surface area (TPSA) is 76.3 Å². The lowest BCUT2D eigenvalue weighted by atomic mass is 9.99. The Morgan fingerprint density at radius 1 is 1.08 bits per heavy atom. The standard InChI is InChI=1S/C18H22N4O3/c1-20-10-6-9-14(20)15-8-3-4-12-22(15)18(25)16(23)19-13-7-5-11-21(2)17(13)24/h5-7,9-11,15H,3-4,8,12H2,1-2H3,(H,19,23)/t15-/m0/s1. The molecule has 0 bridgehead atoms. The fraction of sp³-hybridized carbons (Fsp3) is 0.389. The van der Waals surface area contributed by atoms with Crippen LogP contribution in [0.2, 0.25) is 0 Å². The highest BCUT2D eigenvalue weighted by Gasteiger charge is 2.33. The summed E-state index contributed by atoms with van der Waals surface area (Å²) in [7, 11) is 3.52. The summed E-state index contributed by atoms with van der Waals surface area (Å²) in [5.41, 5.74) is 0.772. The van der Waals surface area contributed by atoms with Gasteiger partial charge in [0.2, 0.25) is 0 Å². The maximum absolute atomic E-state index is 12.7. The maximum atomic E-state index is 12.7. The largest absolute Gasteiger partial charge is 0.353 e. The number of nitrogens with zero attached hydrogens (tertiary/aromatic N) is 3. The van der Waals surface area contributed by atoms with Crippen molar-refractivity contribution in [1.82, 2.24) is 14.0 Å². The first-order valence-corrected chi connectivity index (χ1v) is 8.38. The number of amides is 2. The van der Waals surface area contributed by atoms with Gasteiger partial charge in [-0.2, -0.15) is 0 Å². The molecular weight excluding hydrogens is 320 g/mol. The van der Waals surface area contributed by atoms with E-state index in [0.717, 1.165) is 25.0 Å². The molecule has 7 nitrogen and oxygen atoms in total. The van der Waals surface area contributed by atoms with Crippen molar-refractivity contribution in [3.8, 4) is 0 Å². The predicted molar refractivity (Wildman–Crippen MR) is 94.0 cm³/mol. The van der Waals surface area contributed by atoms with Gasteiger partial charge in [0.25, 0.3) is 5.56 Å². The van der Waals surface area contributed by atoms with E-state index >= 15 is 0 Å². The van der Waals surface area contributed by atoms with Crippen LogP contribution in [0.3, 0.4) is 0 Å². The van der Waals surface area contributed by atoms with Gasteiger partial charge in [0.15, 0.2) is 0 Å². The number of carbonyl (C=O) groups is 2. The molecule has 0 unspecified atom stereocenters. The quantitative estimate of drug-likeness (QED) is 0.839. The van der Waals surface area contributed by atoms with Gasteiger partial charge in [0, 0.05) is 38.7 Å². The molecule has 2 aromatic rings. The van der Waals surface area contributed by atoms with Gasteiger partial charge in [0.05, 0.1) is 6.04 Å². The van der Waals surface area contributed by atoms with Gasteiger partial charge < -0.3 is 19.4 Å². The van der Waals surface area contributed by atoms with Gasteiger partial charge in [-0.25, -0.2) is 0 Å². The highest BCUT2D eigenvalue weighted by molar-refractivity contribution is 6.39. The second-order valence-electron chi connectivity index (χ2n) is 6.35. The van der Waals surface area contributed by atoms with Crippen LogP contribution in [0.4, 0.5) is 5.69 Å². The minimum absolute atomic E-state index is 0.107. The Morgan fingerprint density at radius 2 is 1.80 bits per heavy atom. The average molecular weight is 342 g/mol. The number of piperidine rings is 1. The van der Waals surface area contributed by atoms with E-state index in [4.69, 9.17) is 0 Å². The van der Waals surface area contributed by atoms with E-state index in [-0.39, 0.29) is 17.3 Å². The number of likely N-dealkylation sites (tertiary alicyclic amines) is 1. The Labute approximate surface area is 145 Å². The molecular formula is C18H22N4O3. The molecule has 0 aromatic carbocycles. The van der Waals surface area contributed by atoms with E-state index in [2.05, 4.69) is 5.32 Å². The average Bonchev–Trinajstić information content (AvgIpc) is 3.04. The van der Waals surface area contributed by atoms with E-state index in [1.54, 1.807) is 24.2 Å². The van der Waals surface area contributed by atoms with E-state index in [9.17, 15) is 14.4 Å². The van der Waals surface area contributed by atoms with E-state index in [0.29, 0.717) is 6.54 Å². The molecule has 1 aliphatic rings. The molecule has 7 heteroatoms. The fourth-order valence-electron chi connectivity index (χ4n) is 3.30. The van der Waals surface area contributed by atoms with E-state index in [1.807, 2.05) is 29.9 Å². The number of carbonyl (C=O) groups excluding carboxylic acids is 2. The van der Waals surface area contributed by atoms with Crippen LogP contribution in [0.5, 0.6) is 0 Å². The first-order chi connectivity index (χ1) is 12.0. The summed E-state index contributed by atoms with van der Waals surface area (Å²) in [5, 5.41) is 2.46. The minimum atomic E-state index is -0.774. The lowest BCUT2D eigenvalue weighted by molar-refractivity contribution is -0.146. The van der Waals surface area contributed by atoms with Crippen LogP contribution in [0.15, 0.2) is 41.5 Å². The number of nitrogens with one attached hydrogen (secondary N) is 1.